The van der Waals surface area contributed by atoms with Crippen molar-refractivity contribution in [2.75, 3.05) is 27.9 Å². The number of carbonyl (C=O) groups excluding carboxylic acids is 6. The van der Waals surface area contributed by atoms with Crippen molar-refractivity contribution < 1.29 is 57.2 Å². The Balaban J connectivity index is 5.35. The van der Waals surface area contributed by atoms with Crippen LogP contribution < -0.4 is 0 Å². The van der Waals surface area contributed by atoms with Crippen LogP contribution in [-0.4, -0.2) is 76.0 Å². The first-order chi connectivity index (χ1) is 15.2. The van der Waals surface area contributed by atoms with Gasteiger partial charge in [-0.15, -0.1) is 0 Å². The minimum atomic E-state index is -1.29. The highest BCUT2D eigenvalue weighted by molar-refractivity contribution is 5.93. The van der Waals surface area contributed by atoms with E-state index in [1.807, 2.05) is 0 Å². The van der Waals surface area contributed by atoms with E-state index < -0.39 is 54.6 Å². The Bertz CT molecular complexity index is 777. The molecule has 0 amide bonds. The molecule has 0 heterocycles. The lowest BCUT2D eigenvalue weighted by atomic mass is 10.1. The molecule has 0 aromatic heterocycles. The molecule has 0 aromatic rings. The summed E-state index contributed by atoms with van der Waals surface area (Å²) in [4.78, 5) is 68.9. The third-order valence-corrected chi connectivity index (χ3v) is 3.41. The topological polar surface area (TPSA) is 158 Å². The van der Waals surface area contributed by atoms with Gasteiger partial charge in [-0.05, 0) is 6.42 Å². The van der Waals surface area contributed by atoms with Gasteiger partial charge in [-0.3, -0.25) is 0 Å². The number of rotatable bonds is 12. The molecule has 0 spiro atoms. The van der Waals surface area contributed by atoms with Crippen molar-refractivity contribution in [1.82, 2.24) is 0 Å². The smallest absolute Gasteiger partial charge is 0.331 e. The van der Waals surface area contributed by atoms with Crippen LogP contribution in [0.1, 0.15) is 13.3 Å². The first-order valence-corrected chi connectivity index (χ1v) is 9.02. The maximum atomic E-state index is 12.0. The summed E-state index contributed by atoms with van der Waals surface area (Å²) < 4.78 is 28.2. The van der Waals surface area contributed by atoms with Crippen LogP contribution in [0.15, 0.2) is 36.5 Å². The molecule has 0 fully saturated rings. The van der Waals surface area contributed by atoms with Gasteiger partial charge < -0.3 is 28.4 Å². The van der Waals surface area contributed by atoms with E-state index in [4.69, 9.17) is 14.2 Å². The second-order valence-corrected chi connectivity index (χ2v) is 5.56. The Morgan fingerprint density at radius 3 is 1.28 bits per heavy atom. The van der Waals surface area contributed by atoms with E-state index in [-0.39, 0.29) is 6.42 Å². The van der Waals surface area contributed by atoms with Gasteiger partial charge in [-0.25, -0.2) is 28.8 Å². The molecule has 0 radical (unpaired) electrons. The fourth-order valence-corrected chi connectivity index (χ4v) is 1.84. The van der Waals surface area contributed by atoms with Gasteiger partial charge in [0, 0.05) is 36.5 Å². The zero-order chi connectivity index (χ0) is 24.5. The molecular formula is C20H24O12. The summed E-state index contributed by atoms with van der Waals surface area (Å²) in [5.74, 6) is -5.34. The SMILES string of the molecule is CCC(OC(=O)/C=C/C(=O)OC)C(COC(=O)/C=C/C(=O)OC)OC(=O)/C=C/C(=O)OC. The fraction of sp³-hybridized carbons (Fsp3) is 0.400. The number of ether oxygens (including phenoxy) is 6. The van der Waals surface area contributed by atoms with Crippen LogP contribution in [0.5, 0.6) is 0 Å². The number of hydrogen-bond donors (Lipinski definition) is 0. The van der Waals surface area contributed by atoms with Gasteiger partial charge in [-0.1, -0.05) is 6.92 Å². The molecule has 176 valence electrons. The fourth-order valence-electron chi connectivity index (χ4n) is 1.84. The molecule has 12 nitrogen and oxygen atoms in total. The van der Waals surface area contributed by atoms with Gasteiger partial charge in [0.2, 0.25) is 0 Å². The van der Waals surface area contributed by atoms with Crippen LogP contribution in [0.4, 0.5) is 0 Å². The number of esters is 6. The van der Waals surface area contributed by atoms with Crippen molar-refractivity contribution in [2.45, 2.75) is 25.6 Å². The zero-order valence-electron chi connectivity index (χ0n) is 17.9. The number of hydrogen-bond acceptors (Lipinski definition) is 12. The maximum absolute atomic E-state index is 12.0. The van der Waals surface area contributed by atoms with Crippen LogP contribution in [-0.2, 0) is 57.2 Å². The van der Waals surface area contributed by atoms with Crippen molar-refractivity contribution in [3.05, 3.63) is 36.5 Å². The third-order valence-electron chi connectivity index (χ3n) is 3.41. The minimum Gasteiger partial charge on any atom is -0.466 e. The third kappa shape index (κ3) is 12.6. The first-order valence-electron chi connectivity index (χ1n) is 9.02. The molecule has 0 aliphatic rings. The Kier molecular flexibility index (Phi) is 13.9. The zero-order valence-corrected chi connectivity index (χ0v) is 17.9. The number of methoxy groups -OCH3 is 3. The van der Waals surface area contributed by atoms with Gasteiger partial charge >= 0.3 is 35.8 Å². The summed E-state index contributed by atoms with van der Waals surface area (Å²) in [6, 6.07) is 0. The average molecular weight is 456 g/mol. The highest BCUT2D eigenvalue weighted by atomic mass is 16.6. The molecule has 0 N–H and O–H groups in total. The van der Waals surface area contributed by atoms with Crippen molar-refractivity contribution in [2.24, 2.45) is 0 Å². The molecule has 0 aromatic carbocycles. The van der Waals surface area contributed by atoms with E-state index in [1.54, 1.807) is 6.92 Å². The Morgan fingerprint density at radius 1 is 0.562 bits per heavy atom. The lowest BCUT2D eigenvalue weighted by molar-refractivity contribution is -0.169. The van der Waals surface area contributed by atoms with Gasteiger partial charge in [-0.2, -0.15) is 0 Å². The van der Waals surface area contributed by atoms with Gasteiger partial charge in [0.15, 0.2) is 6.10 Å². The van der Waals surface area contributed by atoms with Crippen molar-refractivity contribution in [1.29, 1.82) is 0 Å². The summed E-state index contributed by atoms with van der Waals surface area (Å²) in [5.41, 5.74) is 0. The van der Waals surface area contributed by atoms with Gasteiger partial charge in [0.25, 0.3) is 0 Å². The second kappa shape index (κ2) is 15.8. The van der Waals surface area contributed by atoms with Gasteiger partial charge in [0.1, 0.15) is 12.7 Å². The number of carbonyl (C=O) groups is 6. The Hall–Kier alpha value is -3.96. The molecular weight excluding hydrogens is 432 g/mol. The summed E-state index contributed by atoms with van der Waals surface area (Å²) in [7, 11) is 3.34. The van der Waals surface area contributed by atoms with E-state index in [2.05, 4.69) is 14.2 Å². The van der Waals surface area contributed by atoms with E-state index >= 15 is 0 Å². The largest absolute Gasteiger partial charge is 0.466 e. The predicted octanol–water partition coefficient (Wildman–Crippen LogP) is -0.0492. The van der Waals surface area contributed by atoms with E-state index in [0.29, 0.717) is 0 Å². The van der Waals surface area contributed by atoms with E-state index in [9.17, 15) is 28.8 Å². The van der Waals surface area contributed by atoms with Crippen LogP contribution >= 0.6 is 0 Å². The van der Waals surface area contributed by atoms with Crippen molar-refractivity contribution in [3.63, 3.8) is 0 Å². The molecule has 0 saturated carbocycles. The highest BCUT2D eigenvalue weighted by Gasteiger charge is 2.28. The summed E-state index contributed by atoms with van der Waals surface area (Å²) >= 11 is 0. The molecule has 12 heteroatoms. The average Bonchev–Trinajstić information content (AvgIpc) is 2.80. The monoisotopic (exact) mass is 456 g/mol. The normalized spacial score (nSPS) is 12.8. The van der Waals surface area contributed by atoms with Crippen molar-refractivity contribution in [3.8, 4) is 0 Å². The second-order valence-electron chi connectivity index (χ2n) is 5.56. The van der Waals surface area contributed by atoms with E-state index in [1.165, 1.54) is 0 Å². The van der Waals surface area contributed by atoms with Crippen LogP contribution in [0.25, 0.3) is 0 Å². The lowest BCUT2D eigenvalue weighted by Crippen LogP contribution is -2.38. The van der Waals surface area contributed by atoms with Crippen LogP contribution in [0.2, 0.25) is 0 Å². The van der Waals surface area contributed by atoms with Crippen molar-refractivity contribution >= 4 is 35.8 Å². The van der Waals surface area contributed by atoms with Crippen LogP contribution in [0.3, 0.4) is 0 Å². The Labute approximate surface area is 183 Å². The summed E-state index contributed by atoms with van der Waals surface area (Å²) in [6.07, 6.45) is 2.53. The molecule has 0 aliphatic carbocycles. The molecule has 0 rings (SSSR count). The van der Waals surface area contributed by atoms with E-state index in [0.717, 1.165) is 57.8 Å². The molecule has 0 aliphatic heterocycles. The molecule has 32 heavy (non-hydrogen) atoms. The Morgan fingerprint density at radius 2 is 0.906 bits per heavy atom. The summed E-state index contributed by atoms with van der Waals surface area (Å²) in [6.45, 7) is 1.03. The van der Waals surface area contributed by atoms with Gasteiger partial charge in [0.05, 0.1) is 21.3 Å². The lowest BCUT2D eigenvalue weighted by Gasteiger charge is -2.25. The molecule has 0 bridgehead atoms. The minimum absolute atomic E-state index is 0.117. The first kappa shape index (κ1) is 28.0. The quantitative estimate of drug-likeness (QED) is 0.219. The molecule has 0 saturated heterocycles. The summed E-state index contributed by atoms with van der Waals surface area (Å²) in [5, 5.41) is 0. The maximum Gasteiger partial charge on any atom is 0.331 e. The highest BCUT2D eigenvalue weighted by Crippen LogP contribution is 2.12. The predicted molar refractivity (Wildman–Crippen MR) is 104 cm³/mol. The molecule has 2 atom stereocenters. The standard InChI is InChI=1S/C20H24O12/c1-5-13(31-19(25)10-7-16(22)28-3)14(32-20(26)11-8-17(23)29-4)12-30-18(24)9-6-15(21)27-2/h6-11,13-14H,5,12H2,1-4H3/b9-6+,10-7+,11-8+. The van der Waals surface area contributed by atoms with Crippen LogP contribution in [0, 0.1) is 0 Å². The molecule has 2 unspecified atom stereocenters.